The molecule has 118 valence electrons. The van der Waals surface area contributed by atoms with E-state index >= 15 is 0 Å². The summed E-state index contributed by atoms with van der Waals surface area (Å²) in [6.07, 6.45) is 3.55. The maximum atomic E-state index is 10.0. The van der Waals surface area contributed by atoms with E-state index in [9.17, 15) is 10.2 Å². The first-order valence-corrected chi connectivity index (χ1v) is 7.49. The minimum Gasteiger partial charge on any atom is -0.493 e. The third-order valence-electron chi connectivity index (χ3n) is 4.08. The van der Waals surface area contributed by atoms with Crippen molar-refractivity contribution in [1.82, 2.24) is 5.32 Å². The number of aliphatic hydroxyl groups is 2. The van der Waals surface area contributed by atoms with Crippen LogP contribution in [0.3, 0.4) is 0 Å². The molecular formula is C16H25NO4. The first-order chi connectivity index (χ1) is 10.2. The van der Waals surface area contributed by atoms with Gasteiger partial charge in [0.1, 0.15) is 12.7 Å². The number of ether oxygens (including phenoxy) is 2. The number of β-amino-alcohol motifs (C(OH)–C–C–N with tert-alkyl or cyclic N) is 1. The fourth-order valence-electron chi connectivity index (χ4n) is 2.76. The highest BCUT2D eigenvalue weighted by Gasteiger charge is 2.32. The van der Waals surface area contributed by atoms with E-state index in [-0.39, 0.29) is 18.8 Å². The van der Waals surface area contributed by atoms with Gasteiger partial charge in [-0.05, 0) is 25.0 Å². The topological polar surface area (TPSA) is 71.0 Å². The van der Waals surface area contributed by atoms with Gasteiger partial charge in [-0.3, -0.25) is 0 Å². The van der Waals surface area contributed by atoms with Crippen molar-refractivity contribution in [1.29, 1.82) is 0 Å². The fraction of sp³-hybridized carbons (Fsp3) is 0.625. The van der Waals surface area contributed by atoms with Crippen molar-refractivity contribution in [3.05, 3.63) is 24.3 Å². The third kappa shape index (κ3) is 4.33. The highest BCUT2D eigenvalue weighted by atomic mass is 16.5. The Kier molecular flexibility index (Phi) is 5.85. The molecule has 0 bridgehead atoms. The Morgan fingerprint density at radius 3 is 2.52 bits per heavy atom. The highest BCUT2D eigenvalue weighted by molar-refractivity contribution is 5.39. The van der Waals surface area contributed by atoms with Gasteiger partial charge in [-0.15, -0.1) is 0 Å². The molecule has 1 aliphatic carbocycles. The van der Waals surface area contributed by atoms with Gasteiger partial charge >= 0.3 is 0 Å². The van der Waals surface area contributed by atoms with E-state index in [4.69, 9.17) is 9.47 Å². The van der Waals surface area contributed by atoms with Crippen LogP contribution in [0.1, 0.15) is 25.7 Å². The molecule has 5 heteroatoms. The Morgan fingerprint density at radius 2 is 1.90 bits per heavy atom. The van der Waals surface area contributed by atoms with Gasteiger partial charge in [-0.25, -0.2) is 0 Å². The average molecular weight is 295 g/mol. The molecule has 1 saturated carbocycles. The number of aliphatic hydroxyl groups excluding tert-OH is 2. The van der Waals surface area contributed by atoms with Crippen LogP contribution in [0.4, 0.5) is 0 Å². The lowest BCUT2D eigenvalue weighted by Gasteiger charge is -2.29. The first-order valence-electron chi connectivity index (χ1n) is 7.49. The molecule has 0 heterocycles. The second-order valence-electron chi connectivity index (χ2n) is 5.64. The van der Waals surface area contributed by atoms with Crippen LogP contribution in [0.2, 0.25) is 0 Å². The molecule has 0 aromatic heterocycles. The number of nitrogens with one attached hydrogen (secondary N) is 1. The minimum absolute atomic E-state index is 0.118. The molecule has 1 aromatic carbocycles. The largest absolute Gasteiger partial charge is 0.493 e. The summed E-state index contributed by atoms with van der Waals surface area (Å²) in [5.74, 6) is 1.28. The molecule has 0 radical (unpaired) electrons. The van der Waals surface area contributed by atoms with Crippen LogP contribution < -0.4 is 14.8 Å². The van der Waals surface area contributed by atoms with Crippen LogP contribution in [0.15, 0.2) is 24.3 Å². The highest BCUT2D eigenvalue weighted by Crippen LogP contribution is 2.29. The number of rotatable bonds is 8. The van der Waals surface area contributed by atoms with E-state index in [2.05, 4.69) is 5.32 Å². The van der Waals surface area contributed by atoms with Crippen LogP contribution in [0.5, 0.6) is 11.5 Å². The van der Waals surface area contributed by atoms with E-state index < -0.39 is 6.10 Å². The van der Waals surface area contributed by atoms with E-state index in [0.717, 1.165) is 25.7 Å². The van der Waals surface area contributed by atoms with Crippen LogP contribution in [-0.4, -0.2) is 48.7 Å². The van der Waals surface area contributed by atoms with Crippen molar-refractivity contribution in [2.45, 2.75) is 37.3 Å². The van der Waals surface area contributed by atoms with Crippen molar-refractivity contribution in [3.63, 3.8) is 0 Å². The van der Waals surface area contributed by atoms with Gasteiger partial charge in [0.05, 0.1) is 13.7 Å². The SMILES string of the molecule is COc1ccccc1OCC(O)CNC1(CO)CCCC1. The monoisotopic (exact) mass is 295 g/mol. The first kappa shape index (κ1) is 16.1. The molecule has 3 N–H and O–H groups in total. The summed E-state index contributed by atoms with van der Waals surface area (Å²) in [5, 5.41) is 22.8. The van der Waals surface area contributed by atoms with Crippen molar-refractivity contribution >= 4 is 0 Å². The van der Waals surface area contributed by atoms with Gasteiger partial charge in [0.2, 0.25) is 0 Å². The minimum atomic E-state index is -0.626. The quantitative estimate of drug-likeness (QED) is 0.675. The average Bonchev–Trinajstić information content (AvgIpc) is 3.00. The molecule has 0 saturated heterocycles. The van der Waals surface area contributed by atoms with Crippen molar-refractivity contribution in [3.8, 4) is 11.5 Å². The smallest absolute Gasteiger partial charge is 0.161 e. The second-order valence-corrected chi connectivity index (χ2v) is 5.64. The molecule has 1 aromatic rings. The zero-order chi connectivity index (χ0) is 15.1. The summed E-state index contributed by atoms with van der Waals surface area (Å²) >= 11 is 0. The molecule has 2 rings (SSSR count). The maximum absolute atomic E-state index is 10.0. The summed E-state index contributed by atoms with van der Waals surface area (Å²) in [7, 11) is 1.59. The van der Waals surface area contributed by atoms with E-state index in [1.165, 1.54) is 0 Å². The number of benzene rings is 1. The number of methoxy groups -OCH3 is 1. The lowest BCUT2D eigenvalue weighted by atomic mass is 9.99. The Hall–Kier alpha value is -1.30. The molecule has 0 aliphatic heterocycles. The molecule has 1 atom stereocenters. The van der Waals surface area contributed by atoms with Gasteiger partial charge in [-0.1, -0.05) is 25.0 Å². The molecule has 1 aliphatic rings. The van der Waals surface area contributed by atoms with Crippen LogP contribution >= 0.6 is 0 Å². The summed E-state index contributed by atoms with van der Waals surface area (Å²) < 4.78 is 10.8. The van der Waals surface area contributed by atoms with Crippen molar-refractivity contribution < 1.29 is 19.7 Å². The zero-order valence-electron chi connectivity index (χ0n) is 12.5. The molecule has 21 heavy (non-hydrogen) atoms. The Morgan fingerprint density at radius 1 is 1.24 bits per heavy atom. The van der Waals surface area contributed by atoms with E-state index in [1.807, 2.05) is 24.3 Å². The van der Waals surface area contributed by atoms with Gasteiger partial charge in [0.15, 0.2) is 11.5 Å². The van der Waals surface area contributed by atoms with Crippen molar-refractivity contribution in [2.75, 3.05) is 26.9 Å². The Balaban J connectivity index is 1.78. The standard InChI is InChI=1S/C16H25NO4/c1-20-14-6-2-3-7-15(14)21-11-13(19)10-17-16(12-18)8-4-5-9-16/h2-3,6-7,13,17-19H,4-5,8-12H2,1H3. The Bertz CT molecular complexity index is 432. The Labute approximate surface area is 125 Å². The van der Waals surface area contributed by atoms with Gasteiger partial charge in [0.25, 0.3) is 0 Å². The van der Waals surface area contributed by atoms with E-state index in [1.54, 1.807) is 7.11 Å². The summed E-state index contributed by atoms with van der Waals surface area (Å²) in [4.78, 5) is 0. The maximum Gasteiger partial charge on any atom is 0.161 e. The van der Waals surface area contributed by atoms with Crippen LogP contribution in [0.25, 0.3) is 0 Å². The summed E-state index contributed by atoms with van der Waals surface area (Å²) in [5.41, 5.74) is -0.217. The second kappa shape index (κ2) is 7.64. The van der Waals surface area contributed by atoms with E-state index in [0.29, 0.717) is 18.0 Å². The lowest BCUT2D eigenvalue weighted by molar-refractivity contribution is 0.0839. The predicted molar refractivity (Wildman–Crippen MR) is 80.8 cm³/mol. The molecular weight excluding hydrogens is 270 g/mol. The van der Waals surface area contributed by atoms with Gasteiger partial charge in [-0.2, -0.15) is 0 Å². The normalized spacial score (nSPS) is 18.4. The van der Waals surface area contributed by atoms with Crippen LogP contribution in [0, 0.1) is 0 Å². The van der Waals surface area contributed by atoms with Gasteiger partial charge in [0, 0.05) is 12.1 Å². The number of hydrogen-bond acceptors (Lipinski definition) is 5. The zero-order valence-corrected chi connectivity index (χ0v) is 12.5. The third-order valence-corrected chi connectivity index (χ3v) is 4.08. The lowest BCUT2D eigenvalue weighted by Crippen LogP contribution is -2.49. The van der Waals surface area contributed by atoms with Crippen LogP contribution in [-0.2, 0) is 0 Å². The molecule has 0 amide bonds. The predicted octanol–water partition coefficient (Wildman–Crippen LogP) is 1.33. The number of hydrogen-bond donors (Lipinski definition) is 3. The molecule has 5 nitrogen and oxygen atoms in total. The molecule has 0 spiro atoms. The number of para-hydroxylation sites is 2. The fourth-order valence-corrected chi connectivity index (χ4v) is 2.76. The summed E-state index contributed by atoms with van der Waals surface area (Å²) in [6.45, 7) is 0.720. The van der Waals surface area contributed by atoms with Crippen molar-refractivity contribution in [2.24, 2.45) is 0 Å². The molecule has 1 unspecified atom stereocenters. The van der Waals surface area contributed by atoms with Gasteiger partial charge < -0.3 is 25.0 Å². The summed E-state index contributed by atoms with van der Waals surface area (Å²) in [6, 6.07) is 7.36. The molecule has 1 fully saturated rings.